The van der Waals surface area contributed by atoms with E-state index in [0.29, 0.717) is 16.3 Å². The largest absolute Gasteiger partial charge is 0.391 e. The van der Waals surface area contributed by atoms with Gasteiger partial charge in [-0.1, -0.05) is 6.92 Å². The van der Waals surface area contributed by atoms with Gasteiger partial charge >= 0.3 is 0 Å². The van der Waals surface area contributed by atoms with Crippen molar-refractivity contribution in [2.45, 2.75) is 32.3 Å². The molecule has 2 rings (SSSR count). The van der Waals surface area contributed by atoms with Crippen molar-refractivity contribution in [1.82, 2.24) is 5.32 Å². The van der Waals surface area contributed by atoms with E-state index in [1.54, 1.807) is 12.1 Å². The minimum Gasteiger partial charge on any atom is -0.391 e. The topological polar surface area (TPSA) is 78.4 Å². The molecule has 0 spiro atoms. The lowest BCUT2D eigenvalue weighted by Crippen LogP contribution is -2.31. The van der Waals surface area contributed by atoms with Crippen LogP contribution in [0.25, 0.3) is 0 Å². The summed E-state index contributed by atoms with van der Waals surface area (Å²) in [6.07, 6.45) is 2.00. The van der Waals surface area contributed by atoms with Gasteiger partial charge in [0.2, 0.25) is 5.91 Å². The number of nitrogens with one attached hydrogen (secondary N) is 2. The summed E-state index contributed by atoms with van der Waals surface area (Å²) in [5, 5.41) is 15.5. The molecular formula is C13H18N2O3S. The van der Waals surface area contributed by atoms with Gasteiger partial charge in [-0.25, -0.2) is 0 Å². The van der Waals surface area contributed by atoms with Crippen molar-refractivity contribution >= 4 is 28.2 Å². The van der Waals surface area contributed by atoms with Crippen LogP contribution >= 0.6 is 11.3 Å². The number of carbonyl (C=O) groups excluding carboxylic acids is 2. The molecule has 2 amide bonds. The maximum atomic E-state index is 11.8. The van der Waals surface area contributed by atoms with E-state index in [2.05, 4.69) is 10.6 Å². The van der Waals surface area contributed by atoms with Crippen LogP contribution in [0.4, 0.5) is 5.00 Å². The summed E-state index contributed by atoms with van der Waals surface area (Å²) >= 11 is 1.25. The minimum absolute atomic E-state index is 0.0372. The van der Waals surface area contributed by atoms with Crippen LogP contribution in [0, 0.1) is 5.92 Å². The van der Waals surface area contributed by atoms with Crippen LogP contribution in [0.15, 0.2) is 12.1 Å². The molecule has 5 nitrogen and oxygen atoms in total. The monoisotopic (exact) mass is 282 g/mol. The third-order valence-corrected chi connectivity index (χ3v) is 3.99. The number of thiophene rings is 1. The summed E-state index contributed by atoms with van der Waals surface area (Å²) in [5.41, 5.74) is 0. The first kappa shape index (κ1) is 14.0. The number of aliphatic hydroxyl groups is 1. The highest BCUT2D eigenvalue weighted by Gasteiger charge is 2.29. The van der Waals surface area contributed by atoms with E-state index in [1.165, 1.54) is 11.3 Å². The molecule has 0 saturated heterocycles. The van der Waals surface area contributed by atoms with Gasteiger partial charge in [0, 0.05) is 12.5 Å². The molecular weight excluding hydrogens is 264 g/mol. The molecule has 3 N–H and O–H groups in total. The number of anilines is 1. The molecule has 1 atom stereocenters. The fourth-order valence-electron chi connectivity index (χ4n) is 1.54. The normalized spacial score (nSPS) is 15.9. The first-order valence-electron chi connectivity index (χ1n) is 6.47. The van der Waals surface area contributed by atoms with Gasteiger partial charge in [0.25, 0.3) is 5.91 Å². The maximum absolute atomic E-state index is 11.8. The summed E-state index contributed by atoms with van der Waals surface area (Å²) in [4.78, 5) is 23.9. The van der Waals surface area contributed by atoms with E-state index < -0.39 is 6.10 Å². The molecule has 1 aromatic heterocycles. The van der Waals surface area contributed by atoms with Gasteiger partial charge in [-0.2, -0.15) is 0 Å². The highest BCUT2D eigenvalue weighted by atomic mass is 32.1. The zero-order valence-electron chi connectivity index (χ0n) is 10.8. The molecule has 1 aliphatic carbocycles. The van der Waals surface area contributed by atoms with Gasteiger partial charge in [0.15, 0.2) is 0 Å². The highest BCUT2D eigenvalue weighted by molar-refractivity contribution is 7.18. The second-order valence-corrected chi connectivity index (χ2v) is 5.78. The van der Waals surface area contributed by atoms with Crippen LogP contribution in [0.2, 0.25) is 0 Å². The molecule has 1 fully saturated rings. The smallest absolute Gasteiger partial charge is 0.261 e. The number of hydrogen-bond donors (Lipinski definition) is 3. The fourth-order valence-corrected chi connectivity index (χ4v) is 2.36. The Bertz CT molecular complexity index is 468. The maximum Gasteiger partial charge on any atom is 0.261 e. The Morgan fingerprint density at radius 2 is 2.21 bits per heavy atom. The highest BCUT2D eigenvalue weighted by Crippen LogP contribution is 2.31. The third-order valence-electron chi connectivity index (χ3n) is 2.99. The Kier molecular flexibility index (Phi) is 4.55. The van der Waals surface area contributed by atoms with E-state index in [1.807, 2.05) is 6.92 Å². The standard InChI is InChI=1S/C13H18N2O3S/c1-2-9(16)7-14-13(18)10-5-6-11(19-10)15-12(17)8-3-4-8/h5-6,8-9,16H,2-4,7H2,1H3,(H,14,18)(H,15,17). The molecule has 1 saturated carbocycles. The van der Waals surface area contributed by atoms with Gasteiger partial charge in [-0.3, -0.25) is 9.59 Å². The molecule has 19 heavy (non-hydrogen) atoms. The fraction of sp³-hybridized carbons (Fsp3) is 0.538. The van der Waals surface area contributed by atoms with E-state index in [4.69, 9.17) is 0 Å². The van der Waals surface area contributed by atoms with E-state index >= 15 is 0 Å². The summed E-state index contributed by atoms with van der Waals surface area (Å²) in [7, 11) is 0. The van der Waals surface area contributed by atoms with Crippen LogP contribution in [0.3, 0.4) is 0 Å². The molecule has 0 aliphatic heterocycles. The second-order valence-electron chi connectivity index (χ2n) is 4.70. The number of hydrogen-bond acceptors (Lipinski definition) is 4. The lowest BCUT2D eigenvalue weighted by atomic mass is 10.3. The SMILES string of the molecule is CCC(O)CNC(=O)c1ccc(NC(=O)C2CC2)s1. The van der Waals surface area contributed by atoms with Crippen molar-refractivity contribution < 1.29 is 14.7 Å². The van der Waals surface area contributed by atoms with Crippen molar-refractivity contribution in [2.75, 3.05) is 11.9 Å². The van der Waals surface area contributed by atoms with Gasteiger partial charge < -0.3 is 15.7 Å². The average molecular weight is 282 g/mol. The van der Waals surface area contributed by atoms with Crippen molar-refractivity contribution in [3.05, 3.63) is 17.0 Å². The molecule has 1 aliphatic rings. The van der Waals surface area contributed by atoms with Crippen LogP contribution in [-0.2, 0) is 4.79 Å². The Labute approximate surface area is 116 Å². The Balaban J connectivity index is 1.85. The van der Waals surface area contributed by atoms with Crippen molar-refractivity contribution in [3.63, 3.8) is 0 Å². The molecule has 1 aromatic rings. The average Bonchev–Trinajstić information content (AvgIpc) is 3.16. The van der Waals surface area contributed by atoms with Gasteiger partial charge in [0.05, 0.1) is 16.0 Å². The summed E-state index contributed by atoms with van der Waals surface area (Å²) in [6, 6.07) is 3.41. The second kappa shape index (κ2) is 6.16. The van der Waals surface area contributed by atoms with E-state index in [0.717, 1.165) is 12.8 Å². The number of carbonyl (C=O) groups is 2. The first-order chi connectivity index (χ1) is 9.10. The van der Waals surface area contributed by atoms with Gasteiger partial charge in [-0.05, 0) is 31.4 Å². The minimum atomic E-state index is -0.516. The Morgan fingerprint density at radius 1 is 1.47 bits per heavy atom. The Hall–Kier alpha value is -1.40. The number of amides is 2. The third kappa shape index (κ3) is 4.04. The van der Waals surface area contributed by atoms with Crippen LogP contribution in [0.5, 0.6) is 0 Å². The molecule has 1 unspecified atom stereocenters. The van der Waals surface area contributed by atoms with Crippen molar-refractivity contribution in [2.24, 2.45) is 5.92 Å². The van der Waals surface area contributed by atoms with Crippen LogP contribution in [0.1, 0.15) is 35.9 Å². The number of aliphatic hydroxyl groups excluding tert-OH is 1. The first-order valence-corrected chi connectivity index (χ1v) is 7.28. The predicted octanol–water partition coefficient (Wildman–Crippen LogP) is 1.60. The molecule has 0 bridgehead atoms. The summed E-state index contributed by atoms with van der Waals surface area (Å²) < 4.78 is 0. The zero-order valence-corrected chi connectivity index (χ0v) is 11.6. The van der Waals surface area contributed by atoms with Gasteiger partial charge in [-0.15, -0.1) is 11.3 Å². The lowest BCUT2D eigenvalue weighted by Gasteiger charge is -2.08. The Morgan fingerprint density at radius 3 is 2.84 bits per heavy atom. The zero-order chi connectivity index (χ0) is 13.8. The van der Waals surface area contributed by atoms with E-state index in [9.17, 15) is 14.7 Å². The molecule has 1 heterocycles. The van der Waals surface area contributed by atoms with Crippen LogP contribution < -0.4 is 10.6 Å². The molecule has 6 heteroatoms. The molecule has 104 valence electrons. The van der Waals surface area contributed by atoms with Crippen molar-refractivity contribution in [1.29, 1.82) is 0 Å². The lowest BCUT2D eigenvalue weighted by molar-refractivity contribution is -0.117. The quantitative estimate of drug-likeness (QED) is 0.741. The number of rotatable bonds is 6. The predicted molar refractivity (Wildman–Crippen MR) is 74.3 cm³/mol. The summed E-state index contributed by atoms with van der Waals surface area (Å²) in [6.45, 7) is 2.10. The summed E-state index contributed by atoms with van der Waals surface area (Å²) in [5.74, 6) is -0.0290. The van der Waals surface area contributed by atoms with Gasteiger partial charge in [0.1, 0.15) is 0 Å². The molecule has 0 aromatic carbocycles. The van der Waals surface area contributed by atoms with E-state index in [-0.39, 0.29) is 24.3 Å². The van der Waals surface area contributed by atoms with Crippen LogP contribution in [-0.4, -0.2) is 29.6 Å². The molecule has 0 radical (unpaired) electrons. The van der Waals surface area contributed by atoms with Crippen molar-refractivity contribution in [3.8, 4) is 0 Å².